The molecular weight excluding hydrogens is 342 g/mol. The molecule has 2 heterocycles. The molecule has 3 aromatic rings. The van der Waals surface area contributed by atoms with E-state index in [9.17, 15) is 9.59 Å². The smallest absolute Gasteiger partial charge is 0.266 e. The van der Waals surface area contributed by atoms with E-state index in [1.54, 1.807) is 13.8 Å². The third kappa shape index (κ3) is 3.77. The molecule has 0 saturated carbocycles. The third-order valence-corrected chi connectivity index (χ3v) is 4.77. The molecule has 0 aliphatic heterocycles. The topological polar surface area (TPSA) is 98.9 Å². The zero-order valence-electron chi connectivity index (χ0n) is 15.6. The molecule has 1 amide bonds. The largest absolute Gasteiger partial charge is 0.459 e. The summed E-state index contributed by atoms with van der Waals surface area (Å²) < 4.78 is 5.78. The van der Waals surface area contributed by atoms with E-state index in [1.165, 1.54) is 0 Å². The fourth-order valence-corrected chi connectivity index (χ4v) is 3.26. The molecule has 27 heavy (non-hydrogen) atoms. The van der Waals surface area contributed by atoms with Crippen LogP contribution in [0.4, 0.5) is 0 Å². The van der Waals surface area contributed by atoms with E-state index in [0.717, 1.165) is 16.5 Å². The van der Waals surface area contributed by atoms with Crippen LogP contribution in [0.1, 0.15) is 47.5 Å². The summed E-state index contributed by atoms with van der Waals surface area (Å²) in [6.45, 7) is 5.39. The molecule has 0 aliphatic rings. The molecule has 1 atom stereocenters. The lowest BCUT2D eigenvalue weighted by Gasteiger charge is -2.13. The molecule has 138 valence electrons. The predicted molar refractivity (Wildman–Crippen MR) is 102 cm³/mol. The van der Waals surface area contributed by atoms with Gasteiger partial charge in [0, 0.05) is 17.5 Å². The summed E-state index contributed by atoms with van der Waals surface area (Å²) in [7, 11) is 0. The Kier molecular flexibility index (Phi) is 5.13. The number of nitrogens with zero attached hydrogens (tertiary/aromatic N) is 1. The van der Waals surface area contributed by atoms with Gasteiger partial charge in [-0.25, -0.2) is 0 Å². The van der Waals surface area contributed by atoms with Crippen molar-refractivity contribution in [3.05, 3.63) is 68.8 Å². The zero-order chi connectivity index (χ0) is 19.6. The van der Waals surface area contributed by atoms with Crippen LogP contribution in [0.25, 0.3) is 11.0 Å². The number of fused-ring (bicyclic) bond motifs is 1. The van der Waals surface area contributed by atoms with Crippen LogP contribution in [0.5, 0.6) is 0 Å². The summed E-state index contributed by atoms with van der Waals surface area (Å²) in [5, 5.41) is 13.1. The summed E-state index contributed by atoms with van der Waals surface area (Å²) in [6, 6.07) is 11.3. The summed E-state index contributed by atoms with van der Waals surface area (Å²) in [5.74, 6) is 0.583. The quantitative estimate of drug-likeness (QED) is 0.725. The van der Waals surface area contributed by atoms with Crippen molar-refractivity contribution in [3.8, 4) is 6.07 Å². The van der Waals surface area contributed by atoms with Crippen molar-refractivity contribution in [1.29, 1.82) is 5.26 Å². The van der Waals surface area contributed by atoms with Gasteiger partial charge in [-0.05, 0) is 50.5 Å². The number of furan rings is 1. The van der Waals surface area contributed by atoms with Gasteiger partial charge in [-0.2, -0.15) is 5.26 Å². The maximum atomic E-state index is 12.4. The molecule has 0 radical (unpaired) electrons. The van der Waals surface area contributed by atoms with Crippen LogP contribution in [0.2, 0.25) is 0 Å². The molecule has 2 aromatic heterocycles. The first-order valence-corrected chi connectivity index (χ1v) is 8.81. The van der Waals surface area contributed by atoms with E-state index in [-0.39, 0.29) is 29.5 Å². The van der Waals surface area contributed by atoms with Gasteiger partial charge in [0.05, 0.1) is 6.04 Å². The number of nitrogens with one attached hydrogen (secondary N) is 2. The van der Waals surface area contributed by atoms with Crippen LogP contribution in [0.15, 0.2) is 39.5 Å². The number of benzene rings is 1. The van der Waals surface area contributed by atoms with Crippen molar-refractivity contribution in [3.63, 3.8) is 0 Å². The standard InChI is InChI=1S/C21H21N3O3/c1-12-16(13(2)24-21(26)17(12)11-22)8-9-20(25)23-14(3)19-10-15-6-4-5-7-18(15)27-19/h4-7,10,14H,8-9H2,1-3H3,(H,23,25)(H,24,26). The molecule has 1 aromatic carbocycles. The highest BCUT2D eigenvalue weighted by molar-refractivity contribution is 5.79. The lowest BCUT2D eigenvalue weighted by atomic mass is 9.99. The van der Waals surface area contributed by atoms with Gasteiger partial charge in [-0.3, -0.25) is 9.59 Å². The number of para-hydroxylation sites is 1. The van der Waals surface area contributed by atoms with Crippen molar-refractivity contribution in [2.24, 2.45) is 0 Å². The van der Waals surface area contributed by atoms with Crippen LogP contribution in [0.3, 0.4) is 0 Å². The lowest BCUT2D eigenvalue weighted by molar-refractivity contribution is -0.121. The number of carbonyl (C=O) groups excluding carboxylic acids is 1. The van der Waals surface area contributed by atoms with Crippen molar-refractivity contribution in [2.75, 3.05) is 0 Å². The first-order chi connectivity index (χ1) is 12.9. The van der Waals surface area contributed by atoms with E-state index in [2.05, 4.69) is 10.3 Å². The number of aromatic nitrogens is 1. The number of aromatic amines is 1. The van der Waals surface area contributed by atoms with Crippen LogP contribution in [-0.2, 0) is 11.2 Å². The number of carbonyl (C=O) groups is 1. The molecule has 6 nitrogen and oxygen atoms in total. The van der Waals surface area contributed by atoms with Gasteiger partial charge < -0.3 is 14.7 Å². The van der Waals surface area contributed by atoms with Crippen molar-refractivity contribution in [2.45, 2.75) is 39.7 Å². The van der Waals surface area contributed by atoms with Gasteiger partial charge in [-0.1, -0.05) is 18.2 Å². The van der Waals surface area contributed by atoms with Crippen LogP contribution in [-0.4, -0.2) is 10.9 Å². The van der Waals surface area contributed by atoms with Crippen molar-refractivity contribution >= 4 is 16.9 Å². The van der Waals surface area contributed by atoms with E-state index >= 15 is 0 Å². The number of H-pyrrole nitrogens is 1. The normalized spacial score (nSPS) is 11.9. The second-order valence-electron chi connectivity index (χ2n) is 6.65. The van der Waals surface area contributed by atoms with Gasteiger partial charge in [-0.15, -0.1) is 0 Å². The van der Waals surface area contributed by atoms with Crippen LogP contribution < -0.4 is 10.9 Å². The molecule has 0 saturated heterocycles. The minimum atomic E-state index is -0.390. The number of rotatable bonds is 5. The lowest BCUT2D eigenvalue weighted by Crippen LogP contribution is -2.27. The van der Waals surface area contributed by atoms with Gasteiger partial charge in [0.1, 0.15) is 23.0 Å². The Labute approximate surface area is 156 Å². The zero-order valence-corrected chi connectivity index (χ0v) is 15.6. The molecule has 2 N–H and O–H groups in total. The maximum absolute atomic E-state index is 12.4. The Hall–Kier alpha value is -3.33. The summed E-state index contributed by atoms with van der Waals surface area (Å²) in [6.07, 6.45) is 0.699. The summed E-state index contributed by atoms with van der Waals surface area (Å²) in [5.41, 5.74) is 2.66. The van der Waals surface area contributed by atoms with Crippen molar-refractivity contribution < 1.29 is 9.21 Å². The Morgan fingerprint density at radius 1 is 1.33 bits per heavy atom. The van der Waals surface area contributed by atoms with Crippen LogP contribution in [0, 0.1) is 25.2 Å². The Morgan fingerprint density at radius 3 is 2.78 bits per heavy atom. The fourth-order valence-electron chi connectivity index (χ4n) is 3.26. The molecule has 0 bridgehead atoms. The average Bonchev–Trinajstić information content (AvgIpc) is 3.06. The van der Waals surface area contributed by atoms with Gasteiger partial charge >= 0.3 is 0 Å². The highest BCUT2D eigenvalue weighted by Crippen LogP contribution is 2.23. The molecular formula is C21H21N3O3. The minimum absolute atomic E-state index is 0.103. The van der Waals surface area contributed by atoms with Gasteiger partial charge in [0.25, 0.3) is 5.56 Å². The number of aryl methyl sites for hydroxylation is 1. The second-order valence-corrected chi connectivity index (χ2v) is 6.65. The molecule has 0 aliphatic carbocycles. The third-order valence-electron chi connectivity index (χ3n) is 4.77. The molecule has 1 unspecified atom stereocenters. The monoisotopic (exact) mass is 363 g/mol. The first kappa shape index (κ1) is 18.5. The number of hydrogen-bond acceptors (Lipinski definition) is 4. The van der Waals surface area contributed by atoms with Gasteiger partial charge in [0.2, 0.25) is 5.91 Å². The average molecular weight is 363 g/mol. The van der Waals surface area contributed by atoms with E-state index in [4.69, 9.17) is 9.68 Å². The Balaban J connectivity index is 1.68. The second kappa shape index (κ2) is 7.50. The van der Waals surface area contributed by atoms with Crippen molar-refractivity contribution in [1.82, 2.24) is 10.3 Å². The SMILES string of the molecule is Cc1[nH]c(=O)c(C#N)c(C)c1CCC(=O)NC(C)c1cc2ccccc2o1. The van der Waals surface area contributed by atoms with E-state index < -0.39 is 0 Å². The molecule has 0 spiro atoms. The number of nitriles is 1. The minimum Gasteiger partial charge on any atom is -0.459 e. The highest BCUT2D eigenvalue weighted by Gasteiger charge is 2.16. The first-order valence-electron chi connectivity index (χ1n) is 8.81. The fraction of sp³-hybridized carbons (Fsp3) is 0.286. The van der Waals surface area contributed by atoms with E-state index in [1.807, 2.05) is 43.3 Å². The maximum Gasteiger partial charge on any atom is 0.266 e. The summed E-state index contributed by atoms with van der Waals surface area (Å²) in [4.78, 5) is 26.8. The number of hydrogen-bond donors (Lipinski definition) is 2. The summed E-state index contributed by atoms with van der Waals surface area (Å²) >= 11 is 0. The van der Waals surface area contributed by atoms with E-state index in [0.29, 0.717) is 23.4 Å². The predicted octanol–water partition coefficient (Wildman–Crippen LogP) is 3.42. The number of pyridine rings is 1. The Bertz CT molecular complexity index is 1070. The van der Waals surface area contributed by atoms with Gasteiger partial charge in [0.15, 0.2) is 0 Å². The van der Waals surface area contributed by atoms with Crippen LogP contribution >= 0.6 is 0 Å². The highest BCUT2D eigenvalue weighted by atomic mass is 16.3. The molecule has 3 rings (SSSR count). The molecule has 6 heteroatoms. The number of amides is 1. The molecule has 0 fully saturated rings. The Morgan fingerprint density at radius 2 is 2.07 bits per heavy atom.